The molecule has 0 bridgehead atoms. The van der Waals surface area contributed by atoms with Crippen molar-refractivity contribution in [1.82, 2.24) is 9.47 Å². The van der Waals surface area contributed by atoms with Crippen LogP contribution in [0.5, 0.6) is 5.75 Å². The summed E-state index contributed by atoms with van der Waals surface area (Å²) < 4.78 is 21.2. The molecule has 1 fully saturated rings. The molecule has 0 saturated carbocycles. The van der Waals surface area contributed by atoms with Crippen LogP contribution in [0.25, 0.3) is 17.0 Å². The first-order chi connectivity index (χ1) is 17.5. The lowest BCUT2D eigenvalue weighted by molar-refractivity contribution is -0.123. The van der Waals surface area contributed by atoms with Gasteiger partial charge < -0.3 is 9.30 Å². The maximum Gasteiger partial charge on any atom is 0.293 e. The van der Waals surface area contributed by atoms with Gasteiger partial charge in [0.1, 0.15) is 11.6 Å². The van der Waals surface area contributed by atoms with Gasteiger partial charge in [-0.1, -0.05) is 48.0 Å². The molecule has 0 radical (unpaired) electrons. The first-order valence-corrected chi connectivity index (χ1v) is 12.6. The largest absolute Gasteiger partial charge is 0.494 e. The molecule has 36 heavy (non-hydrogen) atoms. The molecule has 1 saturated heterocycles. The Morgan fingerprint density at radius 2 is 1.72 bits per heavy atom. The monoisotopic (exact) mass is 500 g/mol. The van der Waals surface area contributed by atoms with E-state index in [4.69, 9.17) is 4.74 Å². The van der Waals surface area contributed by atoms with Gasteiger partial charge >= 0.3 is 0 Å². The number of rotatable bonds is 8. The molecule has 1 aliphatic rings. The molecule has 3 aromatic carbocycles. The fourth-order valence-corrected chi connectivity index (χ4v) is 5.01. The van der Waals surface area contributed by atoms with Gasteiger partial charge in [-0.25, -0.2) is 4.39 Å². The zero-order chi connectivity index (χ0) is 25.1. The normalized spacial score (nSPS) is 14.8. The van der Waals surface area contributed by atoms with Gasteiger partial charge in [0, 0.05) is 29.2 Å². The summed E-state index contributed by atoms with van der Waals surface area (Å²) in [6.07, 6.45) is 4.63. The van der Waals surface area contributed by atoms with Crippen LogP contribution < -0.4 is 4.74 Å². The quantitative estimate of drug-likeness (QED) is 0.197. The van der Waals surface area contributed by atoms with Gasteiger partial charge in [-0.3, -0.25) is 14.5 Å². The average Bonchev–Trinajstić information content (AvgIpc) is 3.36. The summed E-state index contributed by atoms with van der Waals surface area (Å²) in [6.45, 7) is 3.51. The summed E-state index contributed by atoms with van der Waals surface area (Å²) in [4.78, 5) is 27.2. The minimum atomic E-state index is -0.356. The van der Waals surface area contributed by atoms with E-state index in [0.29, 0.717) is 17.1 Å². The third-order valence-corrected chi connectivity index (χ3v) is 6.97. The number of para-hydroxylation sites is 1. The number of benzene rings is 3. The van der Waals surface area contributed by atoms with E-state index >= 15 is 0 Å². The molecule has 0 aliphatic carbocycles. The zero-order valence-electron chi connectivity index (χ0n) is 19.8. The molecule has 0 atom stereocenters. The number of carbonyl (C=O) groups is 2. The lowest BCUT2D eigenvalue weighted by Crippen LogP contribution is -2.27. The number of nitrogens with zero attached hydrogens (tertiary/aromatic N) is 2. The second-order valence-electron chi connectivity index (χ2n) is 8.70. The molecule has 1 aromatic heterocycles. The first-order valence-electron chi connectivity index (χ1n) is 11.7. The smallest absolute Gasteiger partial charge is 0.293 e. The van der Waals surface area contributed by atoms with E-state index in [1.807, 2.05) is 61.7 Å². The lowest BCUT2D eigenvalue weighted by atomic mass is 10.1. The third-order valence-electron chi connectivity index (χ3n) is 6.07. The summed E-state index contributed by atoms with van der Waals surface area (Å²) in [6, 6.07) is 21.8. The van der Waals surface area contributed by atoms with Gasteiger partial charge in [0.15, 0.2) is 0 Å². The Kier molecular flexibility index (Phi) is 6.91. The molecule has 7 heteroatoms. The van der Waals surface area contributed by atoms with Crippen LogP contribution in [0, 0.1) is 12.7 Å². The van der Waals surface area contributed by atoms with Crippen molar-refractivity contribution in [1.29, 1.82) is 0 Å². The number of ether oxygens (including phenoxy) is 1. The number of amides is 2. The number of carbonyl (C=O) groups excluding carboxylic acids is 2. The van der Waals surface area contributed by atoms with Crippen LogP contribution in [0.1, 0.15) is 23.1 Å². The van der Waals surface area contributed by atoms with Gasteiger partial charge in [0.2, 0.25) is 0 Å². The Balaban J connectivity index is 1.30. The van der Waals surface area contributed by atoms with E-state index in [9.17, 15) is 14.0 Å². The highest BCUT2D eigenvalue weighted by Crippen LogP contribution is 2.35. The van der Waals surface area contributed by atoms with Crippen LogP contribution in [-0.4, -0.2) is 27.2 Å². The summed E-state index contributed by atoms with van der Waals surface area (Å²) in [5.74, 6) is 0.165. The predicted molar refractivity (Wildman–Crippen MR) is 141 cm³/mol. The molecular weight excluding hydrogens is 475 g/mol. The number of aryl methyl sites for hydroxylation is 2. The molecule has 2 heterocycles. The molecular formula is C29H25FN2O3S. The minimum Gasteiger partial charge on any atom is -0.494 e. The number of imide groups is 1. The van der Waals surface area contributed by atoms with Crippen molar-refractivity contribution in [2.45, 2.75) is 26.4 Å². The van der Waals surface area contributed by atoms with Crippen molar-refractivity contribution in [3.05, 3.63) is 106 Å². The number of thioether (sulfide) groups is 1. The molecule has 182 valence electrons. The van der Waals surface area contributed by atoms with Crippen molar-refractivity contribution in [2.75, 3.05) is 6.61 Å². The maximum atomic E-state index is 13.2. The summed E-state index contributed by atoms with van der Waals surface area (Å²) in [5, 5.41) is 0.690. The highest BCUT2D eigenvalue weighted by molar-refractivity contribution is 8.18. The Bertz CT molecular complexity index is 1440. The van der Waals surface area contributed by atoms with Crippen molar-refractivity contribution in [3.63, 3.8) is 0 Å². The van der Waals surface area contributed by atoms with E-state index < -0.39 is 0 Å². The average molecular weight is 501 g/mol. The minimum absolute atomic E-state index is 0.116. The summed E-state index contributed by atoms with van der Waals surface area (Å²) >= 11 is 0.932. The summed E-state index contributed by atoms with van der Waals surface area (Å²) in [5.41, 5.74) is 3.84. The van der Waals surface area contributed by atoms with E-state index in [-0.39, 0.29) is 23.5 Å². The van der Waals surface area contributed by atoms with Crippen LogP contribution in [-0.2, 0) is 17.9 Å². The number of hydrogen-bond acceptors (Lipinski definition) is 4. The number of hydrogen-bond donors (Lipinski definition) is 0. The molecule has 5 rings (SSSR count). The van der Waals surface area contributed by atoms with E-state index in [2.05, 4.69) is 4.57 Å². The van der Waals surface area contributed by atoms with Crippen LogP contribution in [0.2, 0.25) is 0 Å². The fraction of sp³-hybridized carbons (Fsp3) is 0.172. The van der Waals surface area contributed by atoms with E-state index in [0.717, 1.165) is 46.9 Å². The van der Waals surface area contributed by atoms with Crippen LogP contribution in [0.3, 0.4) is 0 Å². The van der Waals surface area contributed by atoms with Gasteiger partial charge in [-0.15, -0.1) is 0 Å². The first kappa shape index (κ1) is 23.9. The third kappa shape index (κ3) is 5.21. The second-order valence-corrected chi connectivity index (χ2v) is 9.70. The van der Waals surface area contributed by atoms with Crippen molar-refractivity contribution in [3.8, 4) is 5.75 Å². The van der Waals surface area contributed by atoms with E-state index in [1.165, 1.54) is 22.6 Å². The topological polar surface area (TPSA) is 51.5 Å². The van der Waals surface area contributed by atoms with Crippen LogP contribution >= 0.6 is 11.8 Å². The SMILES string of the molecule is Cc1ccc(OCCCn2cc(/C=C3\SC(=O)N(Cc4ccc(F)cc4)C3=O)c3ccccc32)cc1. The van der Waals surface area contributed by atoms with Gasteiger partial charge in [-0.2, -0.15) is 0 Å². The molecule has 4 aromatic rings. The van der Waals surface area contributed by atoms with Crippen LogP contribution in [0.15, 0.2) is 83.9 Å². The molecule has 0 N–H and O–H groups in total. The second kappa shape index (κ2) is 10.4. The Morgan fingerprint density at radius 3 is 2.50 bits per heavy atom. The zero-order valence-corrected chi connectivity index (χ0v) is 20.6. The molecule has 2 amide bonds. The van der Waals surface area contributed by atoms with Gasteiger partial charge in [0.25, 0.3) is 11.1 Å². The van der Waals surface area contributed by atoms with Crippen molar-refractivity contribution < 1.29 is 18.7 Å². The Labute approximate surface area is 213 Å². The fourth-order valence-electron chi connectivity index (χ4n) is 4.18. The van der Waals surface area contributed by atoms with E-state index in [1.54, 1.807) is 18.2 Å². The number of fused-ring (bicyclic) bond motifs is 1. The summed E-state index contributed by atoms with van der Waals surface area (Å²) in [7, 11) is 0. The highest BCUT2D eigenvalue weighted by Gasteiger charge is 2.35. The Morgan fingerprint density at radius 1 is 0.972 bits per heavy atom. The van der Waals surface area contributed by atoms with Crippen molar-refractivity contribution >= 4 is 39.9 Å². The number of aromatic nitrogens is 1. The van der Waals surface area contributed by atoms with Gasteiger partial charge in [-0.05, 0) is 67.1 Å². The standard InChI is InChI=1S/C29H25FN2O3S/c1-20-7-13-24(14-8-20)35-16-4-15-31-19-22(25-5-2-3-6-26(25)31)17-27-28(33)32(29(34)36-27)18-21-9-11-23(30)12-10-21/h2-3,5-14,17,19H,4,15-16,18H2,1H3/b27-17-. The highest BCUT2D eigenvalue weighted by atomic mass is 32.2. The predicted octanol–water partition coefficient (Wildman–Crippen LogP) is 6.79. The van der Waals surface area contributed by atoms with Crippen molar-refractivity contribution in [2.24, 2.45) is 0 Å². The number of halogens is 1. The maximum absolute atomic E-state index is 13.2. The van der Waals surface area contributed by atoms with Gasteiger partial charge in [0.05, 0.1) is 18.1 Å². The lowest BCUT2D eigenvalue weighted by Gasteiger charge is -2.12. The molecule has 5 nitrogen and oxygen atoms in total. The molecule has 1 aliphatic heterocycles. The molecule has 0 spiro atoms. The van der Waals surface area contributed by atoms with Crippen LogP contribution in [0.4, 0.5) is 9.18 Å². The Hall–Kier alpha value is -3.84. The molecule has 0 unspecified atom stereocenters.